The van der Waals surface area contributed by atoms with E-state index in [0.717, 1.165) is 37.1 Å². The zero-order valence-corrected chi connectivity index (χ0v) is 17.0. The van der Waals surface area contributed by atoms with E-state index in [1.54, 1.807) is 11.0 Å². The Kier molecular flexibility index (Phi) is 4.98. The summed E-state index contributed by atoms with van der Waals surface area (Å²) in [4.78, 5) is 38.4. The van der Waals surface area contributed by atoms with Crippen LogP contribution < -0.4 is 16.0 Å². The number of nitrogens with zero attached hydrogens (tertiary/aromatic N) is 4. The number of aromatic nitrogens is 4. The first-order valence-corrected chi connectivity index (χ1v) is 10.5. The molecule has 31 heavy (non-hydrogen) atoms. The molecule has 11 nitrogen and oxygen atoms in total. The summed E-state index contributed by atoms with van der Waals surface area (Å²) in [6.07, 6.45) is 2.24. The van der Waals surface area contributed by atoms with Gasteiger partial charge in [0.1, 0.15) is 6.04 Å². The molecule has 3 aliphatic rings. The van der Waals surface area contributed by atoms with Crippen molar-refractivity contribution in [2.45, 2.75) is 50.4 Å². The summed E-state index contributed by atoms with van der Waals surface area (Å²) in [5, 5.41) is 24.1. The number of carbonyl (C=O) groups excluding carboxylic acids is 3. The van der Waals surface area contributed by atoms with Crippen molar-refractivity contribution in [1.29, 1.82) is 0 Å². The lowest BCUT2D eigenvalue weighted by molar-refractivity contribution is -0.136. The van der Waals surface area contributed by atoms with Gasteiger partial charge in [0.15, 0.2) is 5.82 Å². The number of piperidine rings is 2. The monoisotopic (exact) mass is 424 g/mol. The van der Waals surface area contributed by atoms with Crippen molar-refractivity contribution in [3.05, 3.63) is 40.7 Å². The van der Waals surface area contributed by atoms with E-state index in [0.29, 0.717) is 30.9 Å². The van der Waals surface area contributed by atoms with Crippen molar-refractivity contribution < 1.29 is 14.4 Å². The number of fused-ring (bicyclic) bond motifs is 1. The lowest BCUT2D eigenvalue weighted by Crippen LogP contribution is -2.52. The van der Waals surface area contributed by atoms with Gasteiger partial charge < -0.3 is 15.5 Å². The van der Waals surface area contributed by atoms with E-state index in [1.165, 1.54) is 0 Å². The minimum atomic E-state index is -0.617. The highest BCUT2D eigenvalue weighted by atomic mass is 16.2. The molecule has 0 radical (unpaired) electrons. The van der Waals surface area contributed by atoms with Crippen molar-refractivity contribution in [1.82, 2.24) is 41.5 Å². The van der Waals surface area contributed by atoms with Crippen LogP contribution in [0.5, 0.6) is 0 Å². The quantitative estimate of drug-likeness (QED) is 0.463. The van der Waals surface area contributed by atoms with Crippen molar-refractivity contribution in [2.75, 3.05) is 13.1 Å². The minimum absolute atomic E-state index is 0.166. The molecule has 5 rings (SSSR count). The molecule has 0 saturated carbocycles. The van der Waals surface area contributed by atoms with E-state index in [-0.39, 0.29) is 18.2 Å². The van der Waals surface area contributed by atoms with Crippen LogP contribution in [0.3, 0.4) is 0 Å². The van der Waals surface area contributed by atoms with Gasteiger partial charge in [0.2, 0.25) is 11.8 Å². The summed E-state index contributed by atoms with van der Waals surface area (Å²) >= 11 is 0. The van der Waals surface area contributed by atoms with Gasteiger partial charge in [-0.25, -0.2) is 0 Å². The molecule has 2 saturated heterocycles. The summed E-state index contributed by atoms with van der Waals surface area (Å²) in [6, 6.07) is 5.05. The Morgan fingerprint density at radius 1 is 1.19 bits per heavy atom. The molecule has 1 aromatic heterocycles. The van der Waals surface area contributed by atoms with Crippen molar-refractivity contribution >= 4 is 17.7 Å². The maximum absolute atomic E-state index is 13.0. The third-order valence-electron chi connectivity index (χ3n) is 6.53. The Labute approximate surface area is 178 Å². The van der Waals surface area contributed by atoms with Crippen LogP contribution in [0.25, 0.3) is 0 Å². The van der Waals surface area contributed by atoms with Crippen molar-refractivity contribution in [2.24, 2.45) is 0 Å². The lowest BCUT2D eigenvalue weighted by Gasteiger charge is -2.36. The molecule has 0 aliphatic carbocycles. The Bertz CT molecular complexity index is 1020. The van der Waals surface area contributed by atoms with Crippen LogP contribution >= 0.6 is 0 Å². The maximum Gasteiger partial charge on any atom is 0.255 e. The van der Waals surface area contributed by atoms with E-state index in [4.69, 9.17) is 0 Å². The number of hydrogen-bond donors (Lipinski definition) is 4. The average molecular weight is 424 g/mol. The van der Waals surface area contributed by atoms with Crippen LogP contribution in [-0.4, -0.2) is 62.4 Å². The largest absolute Gasteiger partial charge is 0.322 e. The molecule has 162 valence electrons. The summed E-state index contributed by atoms with van der Waals surface area (Å²) < 4.78 is 0. The number of benzene rings is 1. The summed E-state index contributed by atoms with van der Waals surface area (Å²) in [5.41, 5.74) is 2.14. The Morgan fingerprint density at radius 3 is 2.77 bits per heavy atom. The zero-order valence-electron chi connectivity index (χ0n) is 17.0. The van der Waals surface area contributed by atoms with Gasteiger partial charge in [-0.1, -0.05) is 17.3 Å². The summed E-state index contributed by atoms with van der Waals surface area (Å²) in [6.45, 7) is 2.58. The number of imide groups is 1. The molecule has 4 N–H and O–H groups in total. The van der Waals surface area contributed by atoms with Crippen molar-refractivity contribution in [3.63, 3.8) is 0 Å². The molecule has 2 fully saturated rings. The molecule has 1 unspecified atom stereocenters. The van der Waals surface area contributed by atoms with Gasteiger partial charge in [-0.15, -0.1) is 10.2 Å². The number of nitrogens with one attached hydrogen (secondary N) is 4. The fraction of sp³-hybridized carbons (Fsp3) is 0.500. The molecule has 2 aromatic rings. The minimum Gasteiger partial charge on any atom is -0.322 e. The van der Waals surface area contributed by atoms with Gasteiger partial charge in [-0.05, 0) is 49.5 Å². The van der Waals surface area contributed by atoms with Crippen molar-refractivity contribution in [3.8, 4) is 0 Å². The number of amides is 3. The highest BCUT2D eigenvalue weighted by Gasteiger charge is 2.41. The number of rotatable bonds is 5. The first kappa shape index (κ1) is 19.8. The molecule has 3 aliphatic heterocycles. The van der Waals surface area contributed by atoms with Crippen LogP contribution in [0.1, 0.15) is 53.0 Å². The summed E-state index contributed by atoms with van der Waals surface area (Å²) in [7, 11) is 0. The van der Waals surface area contributed by atoms with Crippen LogP contribution in [-0.2, 0) is 28.2 Å². The van der Waals surface area contributed by atoms with Gasteiger partial charge in [0.05, 0.1) is 5.54 Å². The second-order valence-electron chi connectivity index (χ2n) is 8.26. The molecular formula is C20H24N8O3. The second-order valence-corrected chi connectivity index (χ2v) is 8.26. The van der Waals surface area contributed by atoms with Gasteiger partial charge in [-0.3, -0.25) is 19.7 Å². The summed E-state index contributed by atoms with van der Waals surface area (Å²) in [5.74, 6) is -0.212. The molecule has 0 spiro atoms. The van der Waals surface area contributed by atoms with Crippen LogP contribution in [0.15, 0.2) is 18.2 Å². The number of H-pyrrole nitrogens is 1. The fourth-order valence-corrected chi connectivity index (χ4v) is 4.78. The predicted molar refractivity (Wildman–Crippen MR) is 107 cm³/mol. The SMILES string of the molecule is O=C1CCC(N2Cc3c(CNC4(c5nn[nH]n5)CCNCC4)cccc3C2=O)C(=O)N1. The van der Waals surface area contributed by atoms with E-state index < -0.39 is 17.5 Å². The van der Waals surface area contributed by atoms with E-state index in [1.807, 2.05) is 12.1 Å². The smallest absolute Gasteiger partial charge is 0.255 e. The third kappa shape index (κ3) is 3.49. The maximum atomic E-state index is 13.0. The van der Waals surface area contributed by atoms with Crippen LogP contribution in [0.2, 0.25) is 0 Å². The van der Waals surface area contributed by atoms with E-state index >= 15 is 0 Å². The van der Waals surface area contributed by atoms with Gasteiger partial charge >= 0.3 is 0 Å². The lowest BCUT2D eigenvalue weighted by atomic mass is 9.87. The molecule has 0 bridgehead atoms. The predicted octanol–water partition coefficient (Wildman–Crippen LogP) is -0.671. The number of hydrogen-bond acceptors (Lipinski definition) is 8. The molecular weight excluding hydrogens is 400 g/mol. The van der Waals surface area contributed by atoms with E-state index in [9.17, 15) is 14.4 Å². The van der Waals surface area contributed by atoms with Gasteiger partial charge in [-0.2, -0.15) is 5.21 Å². The topological polar surface area (TPSA) is 145 Å². The third-order valence-corrected chi connectivity index (χ3v) is 6.53. The Hall–Kier alpha value is -3.18. The Balaban J connectivity index is 1.37. The molecule has 3 amide bonds. The zero-order chi connectivity index (χ0) is 21.4. The highest BCUT2D eigenvalue weighted by Crippen LogP contribution is 2.32. The fourth-order valence-electron chi connectivity index (χ4n) is 4.78. The van der Waals surface area contributed by atoms with E-state index in [2.05, 4.69) is 36.6 Å². The highest BCUT2D eigenvalue weighted by molar-refractivity contribution is 6.05. The normalized spacial score (nSPS) is 23.0. The number of carbonyl (C=O) groups is 3. The second kappa shape index (κ2) is 7.82. The van der Waals surface area contributed by atoms with Gasteiger partial charge in [0, 0.05) is 25.1 Å². The first-order valence-electron chi connectivity index (χ1n) is 10.5. The molecule has 1 atom stereocenters. The average Bonchev–Trinajstić information content (AvgIpc) is 3.43. The first-order chi connectivity index (χ1) is 15.1. The molecule has 4 heterocycles. The molecule has 1 aromatic carbocycles. The molecule has 11 heteroatoms. The standard InChI is InChI=1S/C20H24N8O3/c29-16-5-4-15(17(30)23-16)28-11-14-12(2-1-3-13(14)18(28)31)10-22-20(6-8-21-9-7-20)19-24-26-27-25-19/h1-3,15,21-22H,4-11H2,(H,23,29,30)(H,24,25,26,27). The number of tetrazole rings is 1. The van der Waals surface area contributed by atoms with Crippen LogP contribution in [0.4, 0.5) is 0 Å². The number of aromatic amines is 1. The Morgan fingerprint density at radius 2 is 2.03 bits per heavy atom. The van der Waals surface area contributed by atoms with Crippen LogP contribution in [0, 0.1) is 0 Å². The van der Waals surface area contributed by atoms with Gasteiger partial charge in [0.25, 0.3) is 5.91 Å².